The first-order valence-electron chi connectivity index (χ1n) is 8.39. The molecule has 1 unspecified atom stereocenters. The van der Waals surface area contributed by atoms with E-state index < -0.39 is 0 Å². The molecule has 1 heterocycles. The molecule has 1 atom stereocenters. The molecule has 5 heteroatoms. The zero-order valence-corrected chi connectivity index (χ0v) is 14.3. The number of hydrogen-bond acceptors (Lipinski definition) is 2. The fraction of sp³-hybridized carbons (Fsp3) is 0.250. The third kappa shape index (κ3) is 3.22. The van der Waals surface area contributed by atoms with E-state index in [0.717, 1.165) is 36.1 Å². The van der Waals surface area contributed by atoms with Gasteiger partial charge >= 0.3 is 0 Å². The number of rotatable bonds is 2. The van der Waals surface area contributed by atoms with Gasteiger partial charge in [0, 0.05) is 22.2 Å². The van der Waals surface area contributed by atoms with Crippen molar-refractivity contribution in [3.05, 3.63) is 69.9 Å². The van der Waals surface area contributed by atoms with Crippen molar-refractivity contribution < 1.29 is 9.59 Å². The minimum absolute atomic E-state index is 0.00265. The average molecular weight is 353 g/mol. The van der Waals surface area contributed by atoms with Crippen molar-refractivity contribution in [2.45, 2.75) is 25.7 Å². The molecule has 0 saturated carbocycles. The number of allylic oxidation sites excluding steroid dienone is 3. The van der Waals surface area contributed by atoms with Crippen molar-refractivity contribution in [3.8, 4) is 0 Å². The molecule has 126 valence electrons. The Bertz CT molecular complexity index is 875. The molecule has 1 aromatic carbocycles. The van der Waals surface area contributed by atoms with Crippen LogP contribution in [0.5, 0.6) is 0 Å². The Labute approximate surface area is 151 Å². The first-order valence-corrected chi connectivity index (χ1v) is 8.77. The Morgan fingerprint density at radius 2 is 2.04 bits per heavy atom. The number of aliphatic imine (C=N–C) groups is 1. The number of hydrogen-bond donors (Lipinski definition) is 1. The van der Waals surface area contributed by atoms with Crippen molar-refractivity contribution in [1.29, 1.82) is 0 Å². The molecule has 0 saturated heterocycles. The second-order valence-corrected chi connectivity index (χ2v) is 6.92. The van der Waals surface area contributed by atoms with E-state index in [9.17, 15) is 9.59 Å². The van der Waals surface area contributed by atoms with Gasteiger partial charge in [0.2, 0.25) is 0 Å². The second kappa shape index (κ2) is 6.45. The molecule has 25 heavy (non-hydrogen) atoms. The van der Waals surface area contributed by atoms with Gasteiger partial charge in [-0.1, -0.05) is 29.8 Å². The molecule has 1 aromatic rings. The van der Waals surface area contributed by atoms with Gasteiger partial charge in [-0.15, -0.1) is 0 Å². The summed E-state index contributed by atoms with van der Waals surface area (Å²) in [5.41, 5.74) is 4.43. The number of benzene rings is 1. The number of carbonyl (C=O) groups excluding carboxylic acids is 2. The lowest BCUT2D eigenvalue weighted by molar-refractivity contribution is -0.118. The highest BCUT2D eigenvalue weighted by Gasteiger charge is 2.34. The van der Waals surface area contributed by atoms with Gasteiger partial charge in [0.15, 0.2) is 0 Å². The molecule has 2 amide bonds. The van der Waals surface area contributed by atoms with E-state index in [-0.39, 0.29) is 24.2 Å². The van der Waals surface area contributed by atoms with Crippen LogP contribution in [0.15, 0.2) is 64.3 Å². The van der Waals surface area contributed by atoms with Crippen LogP contribution in [-0.4, -0.2) is 17.5 Å². The molecule has 4 rings (SSSR count). The third-order valence-corrected chi connectivity index (χ3v) is 5.04. The van der Waals surface area contributed by atoms with Gasteiger partial charge in [-0.3, -0.25) is 9.59 Å². The van der Waals surface area contributed by atoms with E-state index in [4.69, 9.17) is 11.6 Å². The first-order chi connectivity index (χ1) is 12.1. The predicted octanol–water partition coefficient (Wildman–Crippen LogP) is 3.53. The van der Waals surface area contributed by atoms with Crippen molar-refractivity contribution in [2.75, 3.05) is 0 Å². The number of amides is 2. The molecule has 1 aliphatic heterocycles. The molecule has 1 N–H and O–H groups in total. The highest BCUT2D eigenvalue weighted by molar-refractivity contribution is 6.30. The summed E-state index contributed by atoms with van der Waals surface area (Å²) in [6, 6.07) is 7.16. The summed E-state index contributed by atoms with van der Waals surface area (Å²) < 4.78 is 0. The molecule has 3 aliphatic rings. The fourth-order valence-corrected chi connectivity index (χ4v) is 3.75. The fourth-order valence-electron chi connectivity index (χ4n) is 3.62. The molecule has 0 bridgehead atoms. The third-order valence-electron chi connectivity index (χ3n) is 4.79. The monoisotopic (exact) mass is 352 g/mol. The summed E-state index contributed by atoms with van der Waals surface area (Å²) in [7, 11) is 0. The van der Waals surface area contributed by atoms with Crippen molar-refractivity contribution in [1.82, 2.24) is 5.32 Å². The SMILES string of the molecule is O=C(Cc1ccc(Cl)cc1)N=C1C=CC2C(=C1)NC(=O)C1=C2CCC1. The van der Waals surface area contributed by atoms with Gasteiger partial charge in [-0.05, 0) is 54.7 Å². The summed E-state index contributed by atoms with van der Waals surface area (Å²) in [5, 5.41) is 3.60. The maximum atomic E-state index is 12.2. The Balaban J connectivity index is 1.52. The van der Waals surface area contributed by atoms with E-state index in [1.807, 2.05) is 30.4 Å². The van der Waals surface area contributed by atoms with Crippen LogP contribution in [0.2, 0.25) is 5.02 Å². The van der Waals surface area contributed by atoms with Crippen LogP contribution in [0.4, 0.5) is 0 Å². The van der Waals surface area contributed by atoms with E-state index in [1.165, 1.54) is 5.57 Å². The maximum Gasteiger partial charge on any atom is 0.251 e. The van der Waals surface area contributed by atoms with Gasteiger partial charge in [0.1, 0.15) is 0 Å². The molecule has 2 aliphatic carbocycles. The minimum Gasteiger partial charge on any atom is -0.325 e. The zero-order chi connectivity index (χ0) is 17.4. The van der Waals surface area contributed by atoms with Gasteiger partial charge in [0.05, 0.1) is 12.1 Å². The van der Waals surface area contributed by atoms with E-state index in [2.05, 4.69) is 10.3 Å². The lowest BCUT2D eigenvalue weighted by Gasteiger charge is -2.28. The van der Waals surface area contributed by atoms with Crippen LogP contribution in [0.1, 0.15) is 24.8 Å². The molecular weight excluding hydrogens is 336 g/mol. The predicted molar refractivity (Wildman–Crippen MR) is 97.3 cm³/mol. The number of fused-ring (bicyclic) bond motifs is 2. The first kappa shape index (κ1) is 16.0. The normalized spacial score (nSPS) is 23.2. The molecule has 0 radical (unpaired) electrons. The van der Waals surface area contributed by atoms with Crippen molar-refractivity contribution >= 4 is 29.1 Å². The van der Waals surface area contributed by atoms with Crippen molar-refractivity contribution in [3.63, 3.8) is 0 Å². The standard InChI is InChI=1S/C20H17ClN2O2/c21-13-6-4-12(5-7-13)10-19(24)22-14-8-9-16-15-2-1-3-17(15)20(25)23-18(16)11-14/h4-9,11,16H,1-3,10H2,(H,23,25). The van der Waals surface area contributed by atoms with Crippen LogP contribution < -0.4 is 5.32 Å². The Morgan fingerprint density at radius 3 is 2.84 bits per heavy atom. The Morgan fingerprint density at radius 1 is 1.24 bits per heavy atom. The largest absolute Gasteiger partial charge is 0.325 e. The average Bonchev–Trinajstić information content (AvgIpc) is 3.07. The summed E-state index contributed by atoms with van der Waals surface area (Å²) in [5.74, 6) is -0.0992. The van der Waals surface area contributed by atoms with E-state index in [0.29, 0.717) is 10.7 Å². The van der Waals surface area contributed by atoms with E-state index >= 15 is 0 Å². The Kier molecular flexibility index (Phi) is 4.14. The molecule has 0 aromatic heterocycles. The Hall–Kier alpha value is -2.46. The lowest BCUT2D eigenvalue weighted by Crippen LogP contribution is -2.35. The van der Waals surface area contributed by atoms with Crippen LogP contribution in [0.3, 0.4) is 0 Å². The molecule has 0 spiro atoms. The van der Waals surface area contributed by atoms with Crippen LogP contribution >= 0.6 is 11.6 Å². The van der Waals surface area contributed by atoms with Crippen LogP contribution in [0.25, 0.3) is 0 Å². The summed E-state index contributed by atoms with van der Waals surface area (Å²) in [6.45, 7) is 0. The minimum atomic E-state index is -0.222. The molecule has 0 fully saturated rings. The van der Waals surface area contributed by atoms with Crippen molar-refractivity contribution in [2.24, 2.45) is 10.9 Å². The molecular formula is C20H17ClN2O2. The zero-order valence-electron chi connectivity index (χ0n) is 13.6. The smallest absolute Gasteiger partial charge is 0.251 e. The summed E-state index contributed by atoms with van der Waals surface area (Å²) in [4.78, 5) is 28.5. The van der Waals surface area contributed by atoms with Crippen LogP contribution in [-0.2, 0) is 16.0 Å². The van der Waals surface area contributed by atoms with Gasteiger partial charge in [-0.25, -0.2) is 4.99 Å². The number of nitrogens with zero attached hydrogens (tertiary/aromatic N) is 1. The maximum absolute atomic E-state index is 12.2. The highest BCUT2D eigenvalue weighted by atomic mass is 35.5. The van der Waals surface area contributed by atoms with Crippen LogP contribution in [0, 0.1) is 5.92 Å². The lowest BCUT2D eigenvalue weighted by atomic mass is 9.85. The quantitative estimate of drug-likeness (QED) is 0.885. The summed E-state index contributed by atoms with van der Waals surface area (Å²) in [6.07, 6.45) is 8.80. The number of nitrogens with one attached hydrogen (secondary N) is 1. The number of halogens is 1. The second-order valence-electron chi connectivity index (χ2n) is 6.48. The number of carbonyl (C=O) groups is 2. The van der Waals surface area contributed by atoms with Gasteiger partial charge in [-0.2, -0.15) is 0 Å². The van der Waals surface area contributed by atoms with E-state index in [1.54, 1.807) is 12.1 Å². The summed E-state index contributed by atoms with van der Waals surface area (Å²) >= 11 is 5.85. The van der Waals surface area contributed by atoms with Gasteiger partial charge < -0.3 is 5.32 Å². The highest BCUT2D eigenvalue weighted by Crippen LogP contribution is 2.39. The van der Waals surface area contributed by atoms with Gasteiger partial charge in [0.25, 0.3) is 11.8 Å². The topological polar surface area (TPSA) is 58.5 Å². The molecule has 4 nitrogen and oxygen atoms in total.